The van der Waals surface area contributed by atoms with Crippen molar-refractivity contribution in [3.8, 4) is 6.07 Å². The topological polar surface area (TPSA) is 44.9 Å². The molecular weight excluding hydrogens is 236 g/mol. The monoisotopic (exact) mass is 254 g/mol. The van der Waals surface area contributed by atoms with Crippen molar-refractivity contribution < 1.29 is 0 Å². The SMILES string of the molecule is CCn1nc(CN2CCCC2C#N)c2ccccc21. The molecule has 1 aromatic carbocycles. The smallest absolute Gasteiger partial charge is 0.0981 e. The van der Waals surface area contributed by atoms with Gasteiger partial charge in [-0.2, -0.15) is 10.4 Å². The normalized spacial score (nSPS) is 19.9. The molecule has 4 heteroatoms. The number of hydrogen-bond donors (Lipinski definition) is 0. The van der Waals surface area contributed by atoms with Gasteiger partial charge in [0.25, 0.3) is 0 Å². The van der Waals surface area contributed by atoms with Gasteiger partial charge in [0.15, 0.2) is 0 Å². The lowest BCUT2D eigenvalue weighted by atomic mass is 10.2. The molecule has 1 aromatic heterocycles. The zero-order chi connectivity index (χ0) is 13.2. The third kappa shape index (κ3) is 2.11. The third-order valence-electron chi connectivity index (χ3n) is 3.90. The van der Waals surface area contributed by atoms with Crippen LogP contribution in [0.3, 0.4) is 0 Å². The lowest BCUT2D eigenvalue weighted by Gasteiger charge is -2.17. The van der Waals surface area contributed by atoms with Gasteiger partial charge in [0.05, 0.1) is 23.3 Å². The molecule has 1 fully saturated rings. The number of fused-ring (bicyclic) bond motifs is 1. The second-order valence-corrected chi connectivity index (χ2v) is 5.04. The summed E-state index contributed by atoms with van der Waals surface area (Å²) in [7, 11) is 0. The van der Waals surface area contributed by atoms with Crippen LogP contribution in [-0.4, -0.2) is 27.3 Å². The van der Waals surface area contributed by atoms with Crippen LogP contribution in [-0.2, 0) is 13.1 Å². The molecule has 1 aliphatic rings. The highest BCUT2D eigenvalue weighted by Crippen LogP contribution is 2.24. The Labute approximate surface area is 113 Å². The highest BCUT2D eigenvalue weighted by Gasteiger charge is 2.25. The summed E-state index contributed by atoms with van der Waals surface area (Å²) in [5.74, 6) is 0. The molecule has 0 amide bonds. The summed E-state index contributed by atoms with van der Waals surface area (Å²) in [5.41, 5.74) is 2.28. The number of nitrogens with zero attached hydrogens (tertiary/aromatic N) is 4. The van der Waals surface area contributed by atoms with Crippen LogP contribution in [0.5, 0.6) is 0 Å². The van der Waals surface area contributed by atoms with E-state index < -0.39 is 0 Å². The van der Waals surface area contributed by atoms with E-state index in [0.717, 1.165) is 38.2 Å². The van der Waals surface area contributed by atoms with Gasteiger partial charge in [-0.05, 0) is 32.4 Å². The summed E-state index contributed by atoms with van der Waals surface area (Å²) in [6, 6.07) is 10.8. The number of likely N-dealkylation sites (tertiary alicyclic amines) is 1. The maximum atomic E-state index is 9.16. The van der Waals surface area contributed by atoms with Crippen molar-refractivity contribution in [3.63, 3.8) is 0 Å². The van der Waals surface area contributed by atoms with Crippen LogP contribution in [0.25, 0.3) is 10.9 Å². The Morgan fingerprint density at radius 3 is 3.05 bits per heavy atom. The standard InChI is InChI=1S/C15H18N4/c1-2-19-15-8-4-3-7-13(15)14(17-19)11-18-9-5-6-12(18)10-16/h3-4,7-8,12H,2,5-6,9,11H2,1H3. The molecule has 2 heterocycles. The Morgan fingerprint density at radius 1 is 1.42 bits per heavy atom. The van der Waals surface area contributed by atoms with E-state index in [9.17, 15) is 0 Å². The Kier molecular flexibility index (Phi) is 3.22. The zero-order valence-corrected chi connectivity index (χ0v) is 11.2. The average molecular weight is 254 g/mol. The largest absolute Gasteiger partial charge is 0.282 e. The van der Waals surface area contributed by atoms with Gasteiger partial charge in [-0.3, -0.25) is 9.58 Å². The van der Waals surface area contributed by atoms with Crippen LogP contribution in [0.15, 0.2) is 24.3 Å². The van der Waals surface area contributed by atoms with E-state index in [1.54, 1.807) is 0 Å². The van der Waals surface area contributed by atoms with E-state index in [1.807, 2.05) is 10.7 Å². The fourth-order valence-electron chi connectivity index (χ4n) is 2.91. The number of aromatic nitrogens is 2. The number of nitriles is 1. The van der Waals surface area contributed by atoms with E-state index in [4.69, 9.17) is 10.4 Å². The molecule has 4 nitrogen and oxygen atoms in total. The molecule has 3 rings (SSSR count). The number of hydrogen-bond acceptors (Lipinski definition) is 3. The van der Waals surface area contributed by atoms with Crippen LogP contribution in [0, 0.1) is 11.3 Å². The molecule has 0 N–H and O–H groups in total. The summed E-state index contributed by atoms with van der Waals surface area (Å²) in [6.45, 7) is 4.77. The van der Waals surface area contributed by atoms with Crippen LogP contribution >= 0.6 is 0 Å². The first kappa shape index (κ1) is 12.2. The van der Waals surface area contributed by atoms with Gasteiger partial charge in [-0.1, -0.05) is 18.2 Å². The lowest BCUT2D eigenvalue weighted by Crippen LogP contribution is -2.27. The summed E-state index contributed by atoms with van der Waals surface area (Å²) in [4.78, 5) is 2.24. The number of benzene rings is 1. The van der Waals surface area contributed by atoms with Crippen molar-refractivity contribution >= 4 is 10.9 Å². The van der Waals surface area contributed by atoms with Gasteiger partial charge in [0.1, 0.15) is 0 Å². The van der Waals surface area contributed by atoms with E-state index in [0.29, 0.717) is 0 Å². The molecule has 1 saturated heterocycles. The van der Waals surface area contributed by atoms with Crippen molar-refractivity contribution in [3.05, 3.63) is 30.0 Å². The molecule has 1 aliphatic heterocycles. The first-order valence-electron chi connectivity index (χ1n) is 6.91. The molecule has 0 aliphatic carbocycles. The molecule has 1 unspecified atom stereocenters. The minimum atomic E-state index is 0.0607. The first-order chi connectivity index (χ1) is 9.33. The van der Waals surface area contributed by atoms with Crippen LogP contribution in [0.1, 0.15) is 25.5 Å². The Hall–Kier alpha value is -1.86. The minimum Gasteiger partial charge on any atom is -0.282 e. The lowest BCUT2D eigenvalue weighted by molar-refractivity contribution is 0.283. The summed E-state index contributed by atoms with van der Waals surface area (Å²) < 4.78 is 2.04. The van der Waals surface area contributed by atoms with Gasteiger partial charge in [0.2, 0.25) is 0 Å². The molecule has 19 heavy (non-hydrogen) atoms. The molecular formula is C15H18N4. The highest BCUT2D eigenvalue weighted by atomic mass is 15.3. The fraction of sp³-hybridized carbons (Fsp3) is 0.467. The molecule has 0 radical (unpaired) electrons. The third-order valence-corrected chi connectivity index (χ3v) is 3.90. The van der Waals surface area contributed by atoms with Crippen LogP contribution < -0.4 is 0 Å². The number of para-hydroxylation sites is 1. The summed E-state index contributed by atoms with van der Waals surface area (Å²) >= 11 is 0. The average Bonchev–Trinajstić information content (AvgIpc) is 3.04. The molecule has 0 saturated carbocycles. The summed E-state index contributed by atoms with van der Waals surface area (Å²) in [5, 5.41) is 15.1. The zero-order valence-electron chi connectivity index (χ0n) is 11.2. The van der Waals surface area contributed by atoms with E-state index in [2.05, 4.69) is 36.1 Å². The second kappa shape index (κ2) is 5.02. The van der Waals surface area contributed by atoms with Gasteiger partial charge < -0.3 is 0 Å². The minimum absolute atomic E-state index is 0.0607. The van der Waals surface area contributed by atoms with Gasteiger partial charge in [-0.15, -0.1) is 0 Å². The maximum Gasteiger partial charge on any atom is 0.0981 e. The Bertz CT molecular complexity index is 623. The molecule has 0 spiro atoms. The predicted octanol–water partition coefficient (Wildman–Crippen LogP) is 2.54. The molecule has 2 aromatic rings. The van der Waals surface area contributed by atoms with E-state index >= 15 is 0 Å². The van der Waals surface area contributed by atoms with E-state index in [-0.39, 0.29) is 6.04 Å². The van der Waals surface area contributed by atoms with Gasteiger partial charge in [0, 0.05) is 18.5 Å². The fourth-order valence-corrected chi connectivity index (χ4v) is 2.91. The number of rotatable bonds is 3. The van der Waals surface area contributed by atoms with E-state index in [1.165, 1.54) is 10.9 Å². The molecule has 1 atom stereocenters. The van der Waals surface area contributed by atoms with Crippen molar-refractivity contribution in [2.24, 2.45) is 0 Å². The van der Waals surface area contributed by atoms with Crippen molar-refractivity contribution in [2.45, 2.75) is 38.9 Å². The van der Waals surface area contributed by atoms with Gasteiger partial charge in [-0.25, -0.2) is 0 Å². The number of aryl methyl sites for hydroxylation is 1. The van der Waals surface area contributed by atoms with Crippen molar-refractivity contribution in [1.29, 1.82) is 5.26 Å². The predicted molar refractivity (Wildman–Crippen MR) is 74.5 cm³/mol. The Balaban J connectivity index is 1.95. The van der Waals surface area contributed by atoms with Crippen LogP contribution in [0.2, 0.25) is 0 Å². The van der Waals surface area contributed by atoms with Crippen LogP contribution in [0.4, 0.5) is 0 Å². The quantitative estimate of drug-likeness (QED) is 0.845. The van der Waals surface area contributed by atoms with Crippen molar-refractivity contribution in [2.75, 3.05) is 6.54 Å². The highest BCUT2D eigenvalue weighted by molar-refractivity contribution is 5.81. The maximum absolute atomic E-state index is 9.16. The second-order valence-electron chi connectivity index (χ2n) is 5.04. The first-order valence-corrected chi connectivity index (χ1v) is 6.91. The molecule has 98 valence electrons. The summed E-state index contributed by atoms with van der Waals surface area (Å²) in [6.07, 6.45) is 2.10. The molecule has 0 bridgehead atoms. The van der Waals surface area contributed by atoms with Gasteiger partial charge >= 0.3 is 0 Å². The van der Waals surface area contributed by atoms with Crippen molar-refractivity contribution in [1.82, 2.24) is 14.7 Å². The Morgan fingerprint density at radius 2 is 2.26 bits per heavy atom.